The summed E-state index contributed by atoms with van der Waals surface area (Å²) in [5.41, 5.74) is 1.50. The van der Waals surface area contributed by atoms with E-state index in [2.05, 4.69) is 10.3 Å². The van der Waals surface area contributed by atoms with Gasteiger partial charge in [-0.05, 0) is 25.0 Å². The number of aryl methyl sites for hydroxylation is 1. The van der Waals surface area contributed by atoms with Crippen LogP contribution in [0.3, 0.4) is 0 Å². The molecule has 1 aliphatic heterocycles. The molecule has 3 rings (SSSR count). The SMILES string of the molecule is Cc1oc(-c2ccccc2)nc1CC(=O)N1CCNC(=O)C1C(C)C. The number of rotatable bonds is 4. The van der Waals surface area contributed by atoms with Crippen molar-refractivity contribution in [3.05, 3.63) is 41.8 Å². The predicted octanol–water partition coefficient (Wildman–Crippen LogP) is 2.18. The molecule has 1 aromatic heterocycles. The van der Waals surface area contributed by atoms with E-state index >= 15 is 0 Å². The molecule has 2 amide bonds. The van der Waals surface area contributed by atoms with Crippen molar-refractivity contribution >= 4 is 11.8 Å². The standard InChI is InChI=1S/C19H23N3O3/c1-12(2)17-18(24)20-9-10-22(17)16(23)11-15-13(3)25-19(21-15)14-7-5-4-6-8-14/h4-8,12,17H,9-11H2,1-3H3,(H,20,24). The second kappa shape index (κ2) is 7.09. The molecule has 2 aromatic rings. The topological polar surface area (TPSA) is 75.4 Å². The molecule has 0 aliphatic carbocycles. The zero-order valence-corrected chi connectivity index (χ0v) is 14.8. The van der Waals surface area contributed by atoms with Crippen molar-refractivity contribution < 1.29 is 14.0 Å². The van der Waals surface area contributed by atoms with Gasteiger partial charge in [-0.2, -0.15) is 0 Å². The van der Waals surface area contributed by atoms with E-state index in [1.165, 1.54) is 0 Å². The van der Waals surface area contributed by atoms with Crippen LogP contribution in [0.1, 0.15) is 25.3 Å². The number of carbonyl (C=O) groups excluding carboxylic acids is 2. The molecule has 1 aliphatic rings. The van der Waals surface area contributed by atoms with Crippen molar-refractivity contribution in [2.75, 3.05) is 13.1 Å². The minimum absolute atomic E-state index is 0.0579. The van der Waals surface area contributed by atoms with Crippen molar-refractivity contribution in [1.82, 2.24) is 15.2 Å². The van der Waals surface area contributed by atoms with Gasteiger partial charge in [-0.15, -0.1) is 0 Å². The van der Waals surface area contributed by atoms with E-state index in [-0.39, 0.29) is 24.2 Å². The maximum Gasteiger partial charge on any atom is 0.243 e. The maximum atomic E-state index is 12.8. The fraction of sp³-hybridized carbons (Fsp3) is 0.421. The first-order valence-electron chi connectivity index (χ1n) is 8.56. The van der Waals surface area contributed by atoms with E-state index in [0.717, 1.165) is 5.56 Å². The molecule has 1 unspecified atom stereocenters. The third kappa shape index (κ3) is 3.57. The summed E-state index contributed by atoms with van der Waals surface area (Å²) in [4.78, 5) is 31.1. The second-order valence-electron chi connectivity index (χ2n) is 6.63. The Morgan fingerprint density at radius 1 is 1.36 bits per heavy atom. The van der Waals surface area contributed by atoms with E-state index in [4.69, 9.17) is 4.42 Å². The summed E-state index contributed by atoms with van der Waals surface area (Å²) in [6.07, 6.45) is 0.138. The molecule has 0 bridgehead atoms. The maximum absolute atomic E-state index is 12.8. The number of benzene rings is 1. The lowest BCUT2D eigenvalue weighted by atomic mass is 9.99. The van der Waals surface area contributed by atoms with Gasteiger partial charge in [-0.3, -0.25) is 9.59 Å². The zero-order chi connectivity index (χ0) is 18.0. The van der Waals surface area contributed by atoms with Crippen LogP contribution in [0, 0.1) is 12.8 Å². The summed E-state index contributed by atoms with van der Waals surface area (Å²) in [7, 11) is 0. The normalized spacial score (nSPS) is 17.7. The van der Waals surface area contributed by atoms with E-state index in [0.29, 0.717) is 30.4 Å². The molecular weight excluding hydrogens is 318 g/mol. The van der Waals surface area contributed by atoms with Gasteiger partial charge < -0.3 is 14.6 Å². The second-order valence-corrected chi connectivity index (χ2v) is 6.63. The molecule has 0 radical (unpaired) electrons. The zero-order valence-electron chi connectivity index (χ0n) is 14.8. The first-order valence-corrected chi connectivity index (χ1v) is 8.56. The Balaban J connectivity index is 1.79. The smallest absolute Gasteiger partial charge is 0.243 e. The molecule has 6 nitrogen and oxygen atoms in total. The highest BCUT2D eigenvalue weighted by atomic mass is 16.4. The Kier molecular flexibility index (Phi) is 4.88. The van der Waals surface area contributed by atoms with Crippen LogP contribution in [0.4, 0.5) is 0 Å². The number of piperazine rings is 1. The number of amides is 2. The molecular formula is C19H23N3O3. The Morgan fingerprint density at radius 2 is 2.08 bits per heavy atom. The van der Waals surface area contributed by atoms with Gasteiger partial charge in [0.25, 0.3) is 0 Å². The van der Waals surface area contributed by atoms with Crippen LogP contribution < -0.4 is 5.32 Å². The molecule has 6 heteroatoms. The van der Waals surface area contributed by atoms with Crippen molar-refractivity contribution in [3.8, 4) is 11.5 Å². The van der Waals surface area contributed by atoms with Crippen LogP contribution in [-0.4, -0.2) is 40.8 Å². The summed E-state index contributed by atoms with van der Waals surface area (Å²) >= 11 is 0. The molecule has 1 N–H and O–H groups in total. The largest absolute Gasteiger partial charge is 0.441 e. The Bertz CT molecular complexity index is 767. The minimum atomic E-state index is -0.429. The van der Waals surface area contributed by atoms with Crippen molar-refractivity contribution in [3.63, 3.8) is 0 Å². The number of hydrogen-bond acceptors (Lipinski definition) is 4. The summed E-state index contributed by atoms with van der Waals surface area (Å²) < 4.78 is 5.72. The van der Waals surface area contributed by atoms with Crippen molar-refractivity contribution in [2.45, 2.75) is 33.2 Å². The van der Waals surface area contributed by atoms with Crippen LogP contribution in [0.2, 0.25) is 0 Å². The Morgan fingerprint density at radius 3 is 2.76 bits per heavy atom. The molecule has 2 heterocycles. The van der Waals surface area contributed by atoms with Crippen LogP contribution >= 0.6 is 0 Å². The fourth-order valence-electron chi connectivity index (χ4n) is 3.17. The summed E-state index contributed by atoms with van der Waals surface area (Å²) in [6, 6.07) is 9.17. The van der Waals surface area contributed by atoms with E-state index in [1.54, 1.807) is 4.90 Å². The lowest BCUT2D eigenvalue weighted by molar-refractivity contribution is -0.144. The monoisotopic (exact) mass is 341 g/mol. The quantitative estimate of drug-likeness (QED) is 0.925. The lowest BCUT2D eigenvalue weighted by Crippen LogP contribution is -2.59. The molecule has 25 heavy (non-hydrogen) atoms. The van der Waals surface area contributed by atoms with E-state index < -0.39 is 6.04 Å². The first-order chi connectivity index (χ1) is 12.0. The highest BCUT2D eigenvalue weighted by Crippen LogP contribution is 2.23. The number of carbonyl (C=O) groups is 2. The summed E-state index contributed by atoms with van der Waals surface area (Å²) in [5, 5.41) is 2.83. The summed E-state index contributed by atoms with van der Waals surface area (Å²) in [5.74, 6) is 1.02. The number of aromatic nitrogens is 1. The molecule has 1 fully saturated rings. The van der Waals surface area contributed by atoms with E-state index in [1.807, 2.05) is 51.1 Å². The van der Waals surface area contributed by atoms with Gasteiger partial charge in [0.15, 0.2) is 0 Å². The predicted molar refractivity (Wildman–Crippen MR) is 93.7 cm³/mol. The van der Waals surface area contributed by atoms with Gasteiger partial charge in [0, 0.05) is 18.7 Å². The van der Waals surface area contributed by atoms with Gasteiger partial charge in [-0.25, -0.2) is 4.98 Å². The third-order valence-electron chi connectivity index (χ3n) is 4.44. The van der Waals surface area contributed by atoms with Crippen LogP contribution in [-0.2, 0) is 16.0 Å². The van der Waals surface area contributed by atoms with Crippen molar-refractivity contribution in [1.29, 1.82) is 0 Å². The fourth-order valence-corrected chi connectivity index (χ4v) is 3.17. The highest BCUT2D eigenvalue weighted by Gasteiger charge is 2.35. The highest BCUT2D eigenvalue weighted by molar-refractivity contribution is 5.89. The lowest BCUT2D eigenvalue weighted by Gasteiger charge is -2.37. The number of nitrogens with zero attached hydrogens (tertiary/aromatic N) is 2. The third-order valence-corrected chi connectivity index (χ3v) is 4.44. The van der Waals surface area contributed by atoms with Gasteiger partial charge in [0.1, 0.15) is 11.8 Å². The van der Waals surface area contributed by atoms with Gasteiger partial charge in [0.05, 0.1) is 12.1 Å². The van der Waals surface area contributed by atoms with Crippen LogP contribution in [0.5, 0.6) is 0 Å². The molecule has 1 saturated heterocycles. The number of nitrogens with one attached hydrogen (secondary N) is 1. The summed E-state index contributed by atoms with van der Waals surface area (Å²) in [6.45, 7) is 6.72. The number of oxazole rings is 1. The van der Waals surface area contributed by atoms with Crippen LogP contribution in [0.25, 0.3) is 11.5 Å². The van der Waals surface area contributed by atoms with Crippen molar-refractivity contribution in [2.24, 2.45) is 5.92 Å². The molecule has 132 valence electrons. The Hall–Kier alpha value is -2.63. The van der Waals surface area contributed by atoms with Gasteiger partial charge >= 0.3 is 0 Å². The Labute approximate surface area is 147 Å². The molecule has 1 aromatic carbocycles. The molecule has 1 atom stereocenters. The average Bonchev–Trinajstić information content (AvgIpc) is 2.96. The van der Waals surface area contributed by atoms with Crippen LogP contribution in [0.15, 0.2) is 34.7 Å². The van der Waals surface area contributed by atoms with Gasteiger partial charge in [0.2, 0.25) is 17.7 Å². The van der Waals surface area contributed by atoms with Gasteiger partial charge in [-0.1, -0.05) is 32.0 Å². The first kappa shape index (κ1) is 17.2. The average molecular weight is 341 g/mol. The molecule has 0 spiro atoms. The van der Waals surface area contributed by atoms with E-state index in [9.17, 15) is 9.59 Å². The molecule has 0 saturated carbocycles. The minimum Gasteiger partial charge on any atom is -0.441 e. The number of hydrogen-bond donors (Lipinski definition) is 1.